The monoisotopic (exact) mass is 384 g/mol. The van der Waals surface area contributed by atoms with E-state index < -0.39 is 0 Å². The van der Waals surface area contributed by atoms with Gasteiger partial charge in [0.2, 0.25) is 11.8 Å². The number of carbonyl (C=O) groups excluding carboxylic acids is 2. The second kappa shape index (κ2) is 8.47. The molecule has 1 aliphatic carbocycles. The van der Waals surface area contributed by atoms with Crippen LogP contribution in [-0.2, 0) is 27.4 Å². The van der Waals surface area contributed by atoms with Gasteiger partial charge in [-0.05, 0) is 34.7 Å². The van der Waals surface area contributed by atoms with E-state index in [1.54, 1.807) is 9.80 Å². The van der Waals surface area contributed by atoms with Gasteiger partial charge in [-0.25, -0.2) is 4.68 Å². The first-order valence-electron chi connectivity index (χ1n) is 9.59. The first-order valence-corrected chi connectivity index (χ1v) is 9.59. The quantitative estimate of drug-likeness (QED) is 0.683. The van der Waals surface area contributed by atoms with Crippen LogP contribution >= 0.6 is 0 Å². The van der Waals surface area contributed by atoms with E-state index in [1.165, 1.54) is 23.9 Å². The van der Waals surface area contributed by atoms with Gasteiger partial charge in [0, 0.05) is 26.2 Å². The number of amides is 2. The minimum atomic E-state index is -0.200. The number of ether oxygens (including phenoxy) is 1. The van der Waals surface area contributed by atoms with Crippen molar-refractivity contribution in [3.63, 3.8) is 0 Å². The number of hydrogen-bond donors (Lipinski definition) is 0. The standard InChI is InChI=1S/C19H24N6O3/c26-18-11-24(19(27)12-25-14-20-21-22-25)10-17(28-13-16-6-7-16)9-23(18)8-15-4-2-1-3-5-15/h1-5,14,16-17H,6-13H2. The SMILES string of the molecule is O=C(Cn1cnnn1)N1CC(=O)N(Cc2ccccc2)CC(OCC2CC2)C1. The first-order chi connectivity index (χ1) is 13.7. The van der Waals surface area contributed by atoms with Crippen molar-refractivity contribution in [1.29, 1.82) is 0 Å². The van der Waals surface area contributed by atoms with Gasteiger partial charge < -0.3 is 14.5 Å². The van der Waals surface area contributed by atoms with Crippen molar-refractivity contribution in [3.8, 4) is 0 Å². The largest absolute Gasteiger partial charge is 0.374 e. The second-order valence-corrected chi connectivity index (χ2v) is 7.44. The molecular formula is C19H24N6O3. The van der Waals surface area contributed by atoms with Crippen molar-refractivity contribution in [2.45, 2.75) is 32.0 Å². The molecule has 1 saturated carbocycles. The van der Waals surface area contributed by atoms with Crippen LogP contribution in [0, 0.1) is 5.92 Å². The fraction of sp³-hybridized carbons (Fsp3) is 0.526. The summed E-state index contributed by atoms with van der Waals surface area (Å²) in [5.41, 5.74) is 1.06. The zero-order chi connectivity index (χ0) is 19.3. The summed E-state index contributed by atoms with van der Waals surface area (Å²) in [7, 11) is 0. The summed E-state index contributed by atoms with van der Waals surface area (Å²) in [6, 6.07) is 9.87. The molecule has 148 valence electrons. The third-order valence-corrected chi connectivity index (χ3v) is 5.05. The molecule has 1 unspecified atom stereocenters. The molecule has 4 rings (SSSR count). The highest BCUT2D eigenvalue weighted by atomic mass is 16.5. The Morgan fingerprint density at radius 2 is 2.00 bits per heavy atom. The Bertz CT molecular complexity index is 793. The van der Waals surface area contributed by atoms with Gasteiger partial charge in [0.05, 0.1) is 12.6 Å². The Morgan fingerprint density at radius 3 is 2.71 bits per heavy atom. The van der Waals surface area contributed by atoms with E-state index in [0.717, 1.165) is 5.56 Å². The molecule has 0 radical (unpaired) electrons. The maximum atomic E-state index is 12.9. The lowest BCUT2D eigenvalue weighted by Crippen LogP contribution is -2.41. The third-order valence-electron chi connectivity index (χ3n) is 5.05. The summed E-state index contributed by atoms with van der Waals surface area (Å²) < 4.78 is 7.44. The lowest BCUT2D eigenvalue weighted by atomic mass is 10.2. The number of carbonyl (C=O) groups is 2. The summed E-state index contributed by atoms with van der Waals surface area (Å²) in [6.07, 6.45) is 3.58. The van der Waals surface area contributed by atoms with Crippen molar-refractivity contribution in [2.75, 3.05) is 26.2 Å². The zero-order valence-corrected chi connectivity index (χ0v) is 15.7. The highest BCUT2D eigenvalue weighted by molar-refractivity contribution is 5.85. The minimum Gasteiger partial charge on any atom is -0.374 e. The minimum absolute atomic E-state index is 0.00824. The molecule has 2 amide bonds. The average Bonchev–Trinajstić information content (AvgIpc) is 3.42. The predicted molar refractivity (Wildman–Crippen MR) is 98.7 cm³/mol. The molecule has 2 fully saturated rings. The Labute approximate surface area is 163 Å². The van der Waals surface area contributed by atoms with Crippen molar-refractivity contribution in [1.82, 2.24) is 30.0 Å². The molecule has 9 heteroatoms. The van der Waals surface area contributed by atoms with Gasteiger partial charge in [0.25, 0.3) is 0 Å². The molecule has 0 spiro atoms. The van der Waals surface area contributed by atoms with Crippen LogP contribution in [0.5, 0.6) is 0 Å². The molecule has 1 saturated heterocycles. The van der Waals surface area contributed by atoms with Gasteiger partial charge in [-0.15, -0.1) is 5.10 Å². The van der Waals surface area contributed by atoms with Crippen LogP contribution in [0.15, 0.2) is 36.7 Å². The molecule has 2 aliphatic rings. The molecule has 1 atom stereocenters. The summed E-state index contributed by atoms with van der Waals surface area (Å²) in [6.45, 7) is 2.12. The Kier molecular flexibility index (Phi) is 5.61. The number of hydrogen-bond acceptors (Lipinski definition) is 6. The smallest absolute Gasteiger partial charge is 0.245 e. The number of benzene rings is 1. The summed E-state index contributed by atoms with van der Waals surface area (Å²) in [5.74, 6) is 0.348. The number of rotatable bonds is 7. The summed E-state index contributed by atoms with van der Waals surface area (Å²) in [5, 5.41) is 10.8. The predicted octanol–water partition coefficient (Wildman–Crippen LogP) is 0.339. The van der Waals surface area contributed by atoms with Crippen molar-refractivity contribution in [3.05, 3.63) is 42.2 Å². The molecule has 0 N–H and O–H groups in total. The first kappa shape index (κ1) is 18.5. The van der Waals surface area contributed by atoms with Crippen LogP contribution in [0.4, 0.5) is 0 Å². The van der Waals surface area contributed by atoms with E-state index in [1.807, 2.05) is 30.3 Å². The number of nitrogens with zero attached hydrogens (tertiary/aromatic N) is 6. The molecule has 1 aromatic heterocycles. The highest BCUT2D eigenvalue weighted by Crippen LogP contribution is 2.29. The number of tetrazole rings is 1. The Morgan fingerprint density at radius 1 is 1.18 bits per heavy atom. The molecule has 0 bridgehead atoms. The summed E-state index contributed by atoms with van der Waals surface area (Å²) >= 11 is 0. The topological polar surface area (TPSA) is 93.5 Å². The van der Waals surface area contributed by atoms with Crippen LogP contribution in [0.25, 0.3) is 0 Å². The van der Waals surface area contributed by atoms with E-state index in [0.29, 0.717) is 32.2 Å². The van der Waals surface area contributed by atoms with Crippen LogP contribution in [0.1, 0.15) is 18.4 Å². The maximum Gasteiger partial charge on any atom is 0.245 e. The lowest BCUT2D eigenvalue weighted by Gasteiger charge is -2.25. The average molecular weight is 384 g/mol. The van der Waals surface area contributed by atoms with E-state index in [9.17, 15) is 9.59 Å². The second-order valence-electron chi connectivity index (χ2n) is 7.44. The fourth-order valence-corrected chi connectivity index (χ4v) is 3.28. The van der Waals surface area contributed by atoms with Gasteiger partial charge in [0.1, 0.15) is 12.9 Å². The Balaban J connectivity index is 1.45. The fourth-order valence-electron chi connectivity index (χ4n) is 3.28. The van der Waals surface area contributed by atoms with Crippen molar-refractivity contribution < 1.29 is 14.3 Å². The van der Waals surface area contributed by atoms with Gasteiger partial charge in [-0.1, -0.05) is 30.3 Å². The van der Waals surface area contributed by atoms with Crippen LogP contribution in [-0.4, -0.2) is 74.2 Å². The van der Waals surface area contributed by atoms with Gasteiger partial charge in [-0.2, -0.15) is 0 Å². The van der Waals surface area contributed by atoms with E-state index in [2.05, 4.69) is 15.5 Å². The van der Waals surface area contributed by atoms with Crippen LogP contribution in [0.2, 0.25) is 0 Å². The normalized spacial score (nSPS) is 20.3. The third kappa shape index (κ3) is 4.92. The van der Waals surface area contributed by atoms with E-state index in [4.69, 9.17) is 4.74 Å². The molecular weight excluding hydrogens is 360 g/mol. The van der Waals surface area contributed by atoms with Crippen LogP contribution < -0.4 is 0 Å². The molecule has 28 heavy (non-hydrogen) atoms. The van der Waals surface area contributed by atoms with Gasteiger partial charge in [0.15, 0.2) is 0 Å². The maximum absolute atomic E-state index is 12.9. The zero-order valence-electron chi connectivity index (χ0n) is 15.7. The number of aromatic nitrogens is 4. The molecule has 9 nitrogen and oxygen atoms in total. The molecule has 2 heterocycles. The molecule has 1 aliphatic heterocycles. The van der Waals surface area contributed by atoms with Crippen molar-refractivity contribution >= 4 is 11.8 Å². The Hall–Kier alpha value is -2.81. The van der Waals surface area contributed by atoms with Gasteiger partial charge in [-0.3, -0.25) is 9.59 Å². The molecule has 2 aromatic rings. The summed E-state index contributed by atoms with van der Waals surface area (Å²) in [4.78, 5) is 28.9. The van der Waals surface area contributed by atoms with Crippen molar-refractivity contribution in [2.24, 2.45) is 5.92 Å². The molecule has 1 aromatic carbocycles. The van der Waals surface area contributed by atoms with Gasteiger partial charge >= 0.3 is 0 Å². The lowest BCUT2D eigenvalue weighted by molar-refractivity contribution is -0.139. The van der Waals surface area contributed by atoms with Crippen LogP contribution in [0.3, 0.4) is 0 Å². The van der Waals surface area contributed by atoms with E-state index in [-0.39, 0.29) is 31.0 Å². The van der Waals surface area contributed by atoms with E-state index >= 15 is 0 Å². The highest BCUT2D eigenvalue weighted by Gasteiger charge is 2.32.